The minimum absolute atomic E-state index is 0.0253. The van der Waals surface area contributed by atoms with Crippen LogP contribution in [0.4, 0.5) is 0 Å². The Bertz CT molecular complexity index is 1220. The number of phenolic OH excluding ortho intramolecular Hbond substituents is 1. The van der Waals surface area contributed by atoms with Gasteiger partial charge in [0.2, 0.25) is 0 Å². The minimum atomic E-state index is -0.196. The predicted molar refractivity (Wildman–Crippen MR) is 131 cm³/mol. The van der Waals surface area contributed by atoms with E-state index in [0.717, 1.165) is 12.0 Å². The highest BCUT2D eigenvalue weighted by Crippen LogP contribution is 2.33. The van der Waals surface area contributed by atoms with Gasteiger partial charge in [0.25, 0.3) is 0 Å². The second kappa shape index (κ2) is 11.1. The molecule has 3 aromatic rings. The van der Waals surface area contributed by atoms with Gasteiger partial charge in [0.1, 0.15) is 18.1 Å². The third kappa shape index (κ3) is 5.41. The lowest BCUT2D eigenvalue weighted by molar-refractivity contribution is 0.101. The molecule has 8 heteroatoms. The Morgan fingerprint density at radius 3 is 2.35 bits per heavy atom. The number of Topliss-reactive ketones (excluding diaryl/α,β-unsaturated/α-hetero) is 1. The van der Waals surface area contributed by atoms with Gasteiger partial charge in [0.15, 0.2) is 17.4 Å². The molecule has 0 saturated heterocycles. The number of rotatable bonds is 9. The van der Waals surface area contributed by atoms with E-state index in [1.807, 2.05) is 19.1 Å². The van der Waals surface area contributed by atoms with Crippen molar-refractivity contribution in [1.29, 1.82) is 0 Å². The molecule has 0 aliphatic rings. The number of benzene rings is 3. The quantitative estimate of drug-likeness (QED) is 0.126. The van der Waals surface area contributed by atoms with Crippen molar-refractivity contribution in [2.75, 3.05) is 0 Å². The molecule has 0 aromatic heterocycles. The van der Waals surface area contributed by atoms with E-state index in [0.29, 0.717) is 34.4 Å². The lowest BCUT2D eigenvalue weighted by Crippen LogP contribution is -2.32. The van der Waals surface area contributed by atoms with Crippen molar-refractivity contribution in [2.24, 2.45) is 16.8 Å². The Morgan fingerprint density at radius 1 is 1.03 bits per heavy atom. The summed E-state index contributed by atoms with van der Waals surface area (Å²) in [6.07, 6.45) is 1.38. The van der Waals surface area contributed by atoms with Gasteiger partial charge in [-0.05, 0) is 37.1 Å². The maximum Gasteiger partial charge on any atom is 0.193 e. The summed E-state index contributed by atoms with van der Waals surface area (Å²) in [6, 6.07) is 17.2. The number of aromatic hydroxyl groups is 1. The molecule has 0 amide bonds. The van der Waals surface area contributed by atoms with E-state index >= 15 is 0 Å². The number of hydrazone groups is 1. The number of phenols is 1. The molecule has 176 valence electrons. The maximum atomic E-state index is 12.9. The van der Waals surface area contributed by atoms with Gasteiger partial charge < -0.3 is 21.1 Å². The zero-order chi connectivity index (χ0) is 24.7. The Hall–Kier alpha value is -4.17. The summed E-state index contributed by atoms with van der Waals surface area (Å²) < 4.78 is 5.94. The Balaban J connectivity index is 1.75. The van der Waals surface area contributed by atoms with Gasteiger partial charge in [0.05, 0.1) is 5.56 Å². The average Bonchev–Trinajstić information content (AvgIpc) is 2.85. The smallest absolute Gasteiger partial charge is 0.193 e. The molecular weight excluding hydrogens is 432 g/mol. The van der Waals surface area contributed by atoms with Gasteiger partial charge in [-0.2, -0.15) is 5.10 Å². The first-order valence-electron chi connectivity index (χ1n) is 10.9. The van der Waals surface area contributed by atoms with Gasteiger partial charge in [-0.25, -0.2) is 5.84 Å². The Kier molecular flexibility index (Phi) is 8.00. The van der Waals surface area contributed by atoms with Crippen molar-refractivity contribution in [3.05, 3.63) is 94.0 Å². The largest absolute Gasteiger partial charge is 0.507 e. The SMILES string of the molecule is CCCc1c(OCc2ccc(C(=O)c3cccc(C(=NN)NN)c3)cc2)ccc(C(C)=O)c1O. The molecule has 0 aliphatic carbocycles. The topological polar surface area (TPSA) is 140 Å². The van der Waals surface area contributed by atoms with Crippen molar-refractivity contribution < 1.29 is 19.4 Å². The number of ether oxygens (including phenoxy) is 1. The van der Waals surface area contributed by atoms with E-state index in [-0.39, 0.29) is 35.3 Å². The van der Waals surface area contributed by atoms with Gasteiger partial charge in [0, 0.05) is 22.3 Å². The van der Waals surface area contributed by atoms with Crippen molar-refractivity contribution in [3.63, 3.8) is 0 Å². The number of amidine groups is 1. The number of nitrogens with one attached hydrogen (secondary N) is 1. The molecule has 0 heterocycles. The second-order valence-electron chi connectivity index (χ2n) is 7.76. The van der Waals surface area contributed by atoms with Crippen LogP contribution in [0.3, 0.4) is 0 Å². The van der Waals surface area contributed by atoms with Crippen LogP contribution in [0.1, 0.15) is 63.2 Å². The molecule has 8 nitrogen and oxygen atoms in total. The summed E-state index contributed by atoms with van der Waals surface area (Å²) in [7, 11) is 0. The van der Waals surface area contributed by atoms with Crippen LogP contribution >= 0.6 is 0 Å². The molecule has 0 unspecified atom stereocenters. The standard InChI is InChI=1S/C26H28N4O4/c1-3-5-22-23(13-12-21(16(2)31)25(22)33)34-15-17-8-10-18(11-9-17)24(32)19-6-4-7-20(14-19)26(29-27)30-28/h4,6-14,33H,3,5,15,27-28H2,1-2H3,(H,29,30). The van der Waals surface area contributed by atoms with Gasteiger partial charge in [-0.3, -0.25) is 9.59 Å². The third-order valence-corrected chi connectivity index (χ3v) is 5.39. The van der Waals surface area contributed by atoms with E-state index in [9.17, 15) is 14.7 Å². The highest BCUT2D eigenvalue weighted by Gasteiger charge is 2.16. The molecule has 0 saturated carbocycles. The van der Waals surface area contributed by atoms with E-state index < -0.39 is 0 Å². The first kappa shape index (κ1) is 24.5. The zero-order valence-corrected chi connectivity index (χ0v) is 19.2. The monoisotopic (exact) mass is 460 g/mol. The lowest BCUT2D eigenvalue weighted by atomic mass is 10.00. The first-order chi connectivity index (χ1) is 16.4. The van der Waals surface area contributed by atoms with Crippen molar-refractivity contribution in [2.45, 2.75) is 33.3 Å². The van der Waals surface area contributed by atoms with Gasteiger partial charge >= 0.3 is 0 Å². The molecule has 34 heavy (non-hydrogen) atoms. The molecule has 6 N–H and O–H groups in total. The number of nitrogens with two attached hydrogens (primary N) is 2. The third-order valence-electron chi connectivity index (χ3n) is 5.39. The summed E-state index contributed by atoms with van der Waals surface area (Å²) in [5, 5.41) is 14.1. The molecule has 0 radical (unpaired) electrons. The number of ketones is 2. The van der Waals surface area contributed by atoms with Crippen molar-refractivity contribution in [3.8, 4) is 11.5 Å². The highest BCUT2D eigenvalue weighted by atomic mass is 16.5. The fourth-order valence-electron chi connectivity index (χ4n) is 3.61. The first-order valence-corrected chi connectivity index (χ1v) is 10.9. The molecule has 3 aromatic carbocycles. The summed E-state index contributed by atoms with van der Waals surface area (Å²) in [6.45, 7) is 3.66. The number of hydrogen-bond acceptors (Lipinski definition) is 7. The van der Waals surface area contributed by atoms with E-state index in [2.05, 4.69) is 10.5 Å². The average molecular weight is 461 g/mol. The second-order valence-corrected chi connectivity index (χ2v) is 7.76. The van der Waals surface area contributed by atoms with Crippen molar-refractivity contribution in [1.82, 2.24) is 5.43 Å². The fourth-order valence-corrected chi connectivity index (χ4v) is 3.61. The number of hydrogen-bond donors (Lipinski definition) is 4. The Morgan fingerprint density at radius 2 is 1.74 bits per heavy atom. The van der Waals surface area contributed by atoms with E-state index in [1.54, 1.807) is 48.5 Å². The minimum Gasteiger partial charge on any atom is -0.507 e. The predicted octanol–water partition coefficient (Wildman–Crippen LogP) is 3.44. The van der Waals surface area contributed by atoms with Gasteiger partial charge in [-0.1, -0.05) is 55.8 Å². The summed E-state index contributed by atoms with van der Waals surface area (Å²) in [5.41, 5.74) is 5.75. The van der Waals surface area contributed by atoms with Crippen LogP contribution < -0.4 is 21.8 Å². The number of hydrazine groups is 1. The number of carbonyl (C=O) groups excluding carboxylic acids is 2. The van der Waals surface area contributed by atoms with Crippen LogP contribution in [0.5, 0.6) is 11.5 Å². The molecule has 3 rings (SSSR count). The van der Waals surface area contributed by atoms with Crippen LogP contribution in [0, 0.1) is 0 Å². The van der Waals surface area contributed by atoms with E-state index in [1.165, 1.54) is 6.92 Å². The highest BCUT2D eigenvalue weighted by molar-refractivity contribution is 6.10. The summed E-state index contributed by atoms with van der Waals surface area (Å²) in [4.78, 5) is 24.7. The van der Waals surface area contributed by atoms with Crippen molar-refractivity contribution >= 4 is 17.4 Å². The zero-order valence-electron chi connectivity index (χ0n) is 19.2. The van der Waals surface area contributed by atoms with Crippen LogP contribution in [-0.4, -0.2) is 22.5 Å². The van der Waals surface area contributed by atoms with E-state index in [4.69, 9.17) is 16.4 Å². The summed E-state index contributed by atoms with van der Waals surface area (Å²) >= 11 is 0. The molecule has 0 fully saturated rings. The van der Waals surface area contributed by atoms with Crippen LogP contribution in [0.15, 0.2) is 65.8 Å². The van der Waals surface area contributed by atoms with Gasteiger partial charge in [-0.15, -0.1) is 0 Å². The van der Waals surface area contributed by atoms with Crippen LogP contribution in [0.2, 0.25) is 0 Å². The molecule has 0 atom stereocenters. The normalized spacial score (nSPS) is 11.2. The Labute approximate surface area is 198 Å². The fraction of sp³-hybridized carbons (Fsp3) is 0.192. The molecule has 0 spiro atoms. The molecular formula is C26H28N4O4. The molecule has 0 bridgehead atoms. The number of carbonyl (C=O) groups is 2. The number of nitrogens with zero attached hydrogens (tertiary/aromatic N) is 1. The lowest BCUT2D eigenvalue weighted by Gasteiger charge is -2.15. The van der Waals surface area contributed by atoms with Crippen LogP contribution in [0.25, 0.3) is 0 Å². The molecule has 0 aliphatic heterocycles. The summed E-state index contributed by atoms with van der Waals surface area (Å²) in [5.74, 6) is 11.2. The maximum absolute atomic E-state index is 12.9. The van der Waals surface area contributed by atoms with Crippen LogP contribution in [-0.2, 0) is 13.0 Å².